The third kappa shape index (κ3) is 3.11. The molecule has 4 aromatic rings. The minimum absolute atomic E-state index is 0.131. The van der Waals surface area contributed by atoms with E-state index in [-0.39, 0.29) is 17.5 Å². The number of hydrogen-bond acceptors (Lipinski definition) is 4. The van der Waals surface area contributed by atoms with Crippen LogP contribution in [0.15, 0.2) is 53.8 Å². The predicted octanol–water partition coefficient (Wildman–Crippen LogP) is 2.88. The molecule has 8 nitrogen and oxygen atoms in total. The number of aryl methyl sites for hydroxylation is 1. The predicted molar refractivity (Wildman–Crippen MR) is 117 cm³/mol. The van der Waals surface area contributed by atoms with Crippen LogP contribution < -0.4 is 10.3 Å². The molecule has 0 saturated carbocycles. The van der Waals surface area contributed by atoms with E-state index in [1.807, 2.05) is 43.1 Å². The summed E-state index contributed by atoms with van der Waals surface area (Å²) in [6, 6.07) is 9.13. The number of carbonyl (C=O) groups is 1. The van der Waals surface area contributed by atoms with E-state index in [2.05, 4.69) is 9.97 Å². The second-order valence-electron chi connectivity index (χ2n) is 7.95. The summed E-state index contributed by atoms with van der Waals surface area (Å²) in [6.07, 6.45) is 5.34. The molecule has 0 radical (unpaired) electrons. The minimum atomic E-state index is -0.188. The highest BCUT2D eigenvalue weighted by Gasteiger charge is 2.31. The largest absolute Gasteiger partial charge is 0.497 e. The molecular formula is C23H23N5O3. The monoisotopic (exact) mass is 417 g/mol. The van der Waals surface area contributed by atoms with Crippen molar-refractivity contribution >= 4 is 16.8 Å². The highest BCUT2D eigenvalue weighted by molar-refractivity contribution is 5.94. The van der Waals surface area contributed by atoms with Gasteiger partial charge in [-0.25, -0.2) is 4.98 Å². The number of benzene rings is 1. The van der Waals surface area contributed by atoms with Crippen LogP contribution in [-0.4, -0.2) is 43.1 Å². The number of pyridine rings is 1. The number of carbonyl (C=O) groups excluding carboxylic acids is 1. The number of aromatic amines is 1. The zero-order valence-electron chi connectivity index (χ0n) is 17.6. The molecule has 5 rings (SSSR count). The summed E-state index contributed by atoms with van der Waals surface area (Å²) in [4.78, 5) is 35.7. The number of imidazole rings is 1. The normalized spacial score (nSPS) is 16.0. The van der Waals surface area contributed by atoms with Crippen LogP contribution in [0, 0.1) is 6.92 Å². The molecule has 1 N–H and O–H groups in total. The Bertz CT molecular complexity index is 1360. The standard InChI is InChI=1S/C23H23N5O3/c1-14-10-26(13-25-14)20-6-7-21-23(30)27(15(2)11-28(21)22(20)29)12-16-9-24-19-5-4-17(31-3)8-18(16)19/h4-10,13,15,24H,11-12H2,1-3H3/t15-/m1/s1. The van der Waals surface area contributed by atoms with Crippen LogP contribution in [0.5, 0.6) is 5.75 Å². The van der Waals surface area contributed by atoms with Crippen molar-refractivity contribution < 1.29 is 9.53 Å². The quantitative estimate of drug-likeness (QED) is 0.553. The molecule has 158 valence electrons. The van der Waals surface area contributed by atoms with E-state index in [1.54, 1.807) is 40.9 Å². The maximum absolute atomic E-state index is 13.3. The lowest BCUT2D eigenvalue weighted by atomic mass is 10.1. The zero-order valence-corrected chi connectivity index (χ0v) is 17.6. The van der Waals surface area contributed by atoms with Gasteiger partial charge in [0.05, 0.1) is 19.1 Å². The first-order chi connectivity index (χ1) is 15.0. The second kappa shape index (κ2) is 7.16. The summed E-state index contributed by atoms with van der Waals surface area (Å²) in [5.41, 5.74) is 3.53. The average molecular weight is 417 g/mol. The lowest BCUT2D eigenvalue weighted by molar-refractivity contribution is 0.0591. The first-order valence-corrected chi connectivity index (χ1v) is 10.2. The fourth-order valence-corrected chi connectivity index (χ4v) is 4.22. The van der Waals surface area contributed by atoms with Gasteiger partial charge in [-0.2, -0.15) is 0 Å². The van der Waals surface area contributed by atoms with E-state index in [4.69, 9.17) is 4.74 Å². The van der Waals surface area contributed by atoms with Crippen molar-refractivity contribution in [3.63, 3.8) is 0 Å². The van der Waals surface area contributed by atoms with E-state index >= 15 is 0 Å². The van der Waals surface area contributed by atoms with E-state index in [0.717, 1.165) is 27.9 Å². The summed E-state index contributed by atoms with van der Waals surface area (Å²) in [5, 5.41) is 1.02. The highest BCUT2D eigenvalue weighted by Crippen LogP contribution is 2.27. The van der Waals surface area contributed by atoms with E-state index in [9.17, 15) is 9.59 Å². The molecule has 0 saturated heterocycles. The molecule has 3 aromatic heterocycles. The number of hydrogen-bond donors (Lipinski definition) is 1. The summed E-state index contributed by atoms with van der Waals surface area (Å²) in [6.45, 7) is 4.73. The number of fused-ring (bicyclic) bond motifs is 2. The Balaban J connectivity index is 1.50. The second-order valence-corrected chi connectivity index (χ2v) is 7.95. The first-order valence-electron chi connectivity index (χ1n) is 10.2. The van der Waals surface area contributed by atoms with Crippen molar-refractivity contribution in [3.8, 4) is 11.4 Å². The van der Waals surface area contributed by atoms with Gasteiger partial charge in [0.2, 0.25) is 0 Å². The van der Waals surface area contributed by atoms with E-state index in [0.29, 0.717) is 24.5 Å². The third-order valence-electron chi connectivity index (χ3n) is 5.92. The molecule has 31 heavy (non-hydrogen) atoms. The van der Waals surface area contributed by atoms with Gasteiger partial charge >= 0.3 is 0 Å². The molecule has 1 aliphatic heterocycles. The van der Waals surface area contributed by atoms with Gasteiger partial charge < -0.3 is 23.8 Å². The molecule has 1 aromatic carbocycles. The lowest BCUT2D eigenvalue weighted by Gasteiger charge is -2.35. The Hall–Kier alpha value is -3.81. The average Bonchev–Trinajstić information content (AvgIpc) is 3.37. The van der Waals surface area contributed by atoms with Crippen molar-refractivity contribution in [3.05, 3.63) is 76.4 Å². The Morgan fingerprint density at radius 1 is 1.23 bits per heavy atom. The fourth-order valence-electron chi connectivity index (χ4n) is 4.22. The Labute approximate surface area is 178 Å². The van der Waals surface area contributed by atoms with Gasteiger partial charge in [0.1, 0.15) is 17.1 Å². The molecule has 0 spiro atoms. The van der Waals surface area contributed by atoms with Crippen LogP contribution in [0.3, 0.4) is 0 Å². The number of H-pyrrole nitrogens is 1. The topological polar surface area (TPSA) is 85.2 Å². The SMILES string of the molecule is COc1ccc2[nH]cc(CN3C(=O)c4ccc(-n5cnc(C)c5)c(=O)n4C[C@H]3C)c2c1. The number of amides is 1. The zero-order chi connectivity index (χ0) is 21.7. The van der Waals surface area contributed by atoms with Gasteiger partial charge in [-0.3, -0.25) is 9.59 Å². The molecule has 4 heterocycles. The summed E-state index contributed by atoms with van der Waals surface area (Å²) in [5.74, 6) is 0.618. The van der Waals surface area contributed by atoms with Gasteiger partial charge in [0, 0.05) is 42.4 Å². The fraction of sp³-hybridized carbons (Fsp3) is 0.261. The molecule has 1 aliphatic rings. The number of methoxy groups -OCH3 is 1. The maximum atomic E-state index is 13.3. The Kier molecular flexibility index (Phi) is 4.43. The smallest absolute Gasteiger partial charge is 0.275 e. The van der Waals surface area contributed by atoms with Crippen LogP contribution in [0.4, 0.5) is 0 Å². The van der Waals surface area contributed by atoms with Crippen LogP contribution >= 0.6 is 0 Å². The number of nitrogens with zero attached hydrogens (tertiary/aromatic N) is 4. The van der Waals surface area contributed by atoms with Gasteiger partial charge in [-0.15, -0.1) is 0 Å². The van der Waals surface area contributed by atoms with Gasteiger partial charge in [-0.1, -0.05) is 0 Å². The van der Waals surface area contributed by atoms with Crippen molar-refractivity contribution in [2.24, 2.45) is 0 Å². The molecular weight excluding hydrogens is 394 g/mol. The molecule has 8 heteroatoms. The van der Waals surface area contributed by atoms with Crippen molar-refractivity contribution in [2.75, 3.05) is 7.11 Å². The van der Waals surface area contributed by atoms with Gasteiger partial charge in [0.25, 0.3) is 11.5 Å². The summed E-state index contributed by atoms with van der Waals surface area (Å²) in [7, 11) is 1.64. The maximum Gasteiger partial charge on any atom is 0.275 e. The summed E-state index contributed by atoms with van der Waals surface area (Å²) < 4.78 is 8.62. The number of rotatable bonds is 4. The van der Waals surface area contributed by atoms with Crippen molar-refractivity contribution in [1.29, 1.82) is 0 Å². The molecule has 0 aliphatic carbocycles. The Morgan fingerprint density at radius 2 is 2.06 bits per heavy atom. The molecule has 0 fully saturated rings. The van der Waals surface area contributed by atoms with Crippen LogP contribution in [0.1, 0.15) is 28.7 Å². The Morgan fingerprint density at radius 3 is 2.81 bits per heavy atom. The molecule has 1 atom stereocenters. The summed E-state index contributed by atoms with van der Waals surface area (Å²) >= 11 is 0. The van der Waals surface area contributed by atoms with Gasteiger partial charge in [0.15, 0.2) is 0 Å². The molecule has 1 amide bonds. The number of ether oxygens (including phenoxy) is 1. The third-order valence-corrected chi connectivity index (χ3v) is 5.92. The van der Waals surface area contributed by atoms with Crippen molar-refractivity contribution in [1.82, 2.24) is 24.0 Å². The van der Waals surface area contributed by atoms with Crippen LogP contribution in [0.2, 0.25) is 0 Å². The number of nitrogens with one attached hydrogen (secondary N) is 1. The molecule has 0 unspecified atom stereocenters. The van der Waals surface area contributed by atoms with Crippen LogP contribution in [0.25, 0.3) is 16.6 Å². The highest BCUT2D eigenvalue weighted by atomic mass is 16.5. The van der Waals surface area contributed by atoms with Crippen molar-refractivity contribution in [2.45, 2.75) is 33.0 Å². The lowest BCUT2D eigenvalue weighted by Crippen LogP contribution is -2.49. The van der Waals surface area contributed by atoms with Gasteiger partial charge in [-0.05, 0) is 49.7 Å². The minimum Gasteiger partial charge on any atom is -0.497 e. The number of aromatic nitrogens is 4. The van der Waals surface area contributed by atoms with E-state index in [1.165, 1.54) is 0 Å². The first kappa shape index (κ1) is 19.2. The van der Waals surface area contributed by atoms with Crippen LogP contribution in [-0.2, 0) is 13.1 Å². The molecule has 0 bridgehead atoms. The van der Waals surface area contributed by atoms with E-state index < -0.39 is 0 Å².